The number of benzene rings is 3. The third-order valence-corrected chi connectivity index (χ3v) is 4.41. The topological polar surface area (TPSA) is 52.4 Å². The van der Waals surface area contributed by atoms with Gasteiger partial charge in [-0.25, -0.2) is 0 Å². The maximum atomic E-state index is 10.9. The molecule has 26 heavy (non-hydrogen) atoms. The molecule has 0 bridgehead atoms. The van der Waals surface area contributed by atoms with Crippen molar-refractivity contribution in [3.05, 3.63) is 102 Å². The first-order valence-electron chi connectivity index (χ1n) is 8.26. The fourth-order valence-corrected chi connectivity index (χ4v) is 3.18. The summed E-state index contributed by atoms with van der Waals surface area (Å²) in [6, 6.07) is 27.0. The Hall–Kier alpha value is -2.42. The Kier molecular flexibility index (Phi) is 5.55. The van der Waals surface area contributed by atoms with E-state index in [1.165, 1.54) is 0 Å². The Bertz CT molecular complexity index is 1060. The van der Waals surface area contributed by atoms with Gasteiger partial charge in [-0.3, -0.25) is 0 Å². The second-order valence-corrected chi connectivity index (χ2v) is 6.00. The van der Waals surface area contributed by atoms with Gasteiger partial charge in [-0.15, -0.1) is 0 Å². The van der Waals surface area contributed by atoms with Crippen LogP contribution in [0.1, 0.15) is 11.7 Å². The Balaban J connectivity index is 0.00000196. The molecule has 0 amide bonds. The third-order valence-electron chi connectivity index (χ3n) is 4.41. The van der Waals surface area contributed by atoms with Crippen molar-refractivity contribution in [2.24, 2.45) is 0 Å². The zero-order valence-electron chi connectivity index (χ0n) is 14.1. The number of hydrogen-bond acceptors (Lipinski definition) is 1. The summed E-state index contributed by atoms with van der Waals surface area (Å²) in [6.45, 7) is 0.274. The molecule has 0 radical (unpaired) electrons. The van der Waals surface area contributed by atoms with Crippen LogP contribution >= 0.6 is 0 Å². The van der Waals surface area contributed by atoms with Crippen LogP contribution in [-0.4, -0.2) is 14.2 Å². The normalized spacial score (nSPS) is 11.9. The molecule has 3 aromatic carbocycles. The number of aromatic nitrogens is 2. The summed E-state index contributed by atoms with van der Waals surface area (Å²) in [5.41, 5.74) is 3.57. The van der Waals surface area contributed by atoms with Gasteiger partial charge >= 0.3 is 0 Å². The molecule has 0 fully saturated rings. The van der Waals surface area contributed by atoms with Gasteiger partial charge in [0.2, 0.25) is 0 Å². The van der Waals surface area contributed by atoms with E-state index in [2.05, 4.69) is 0 Å². The van der Waals surface area contributed by atoms with E-state index in [0.717, 1.165) is 22.3 Å². The Morgan fingerprint density at radius 3 is 1.96 bits per heavy atom. The fraction of sp³-hybridized carbons (Fsp3) is 0.0952. The number of hydrogen-bond donors (Lipinski definition) is 1. The number of para-hydroxylation sites is 3. The van der Waals surface area contributed by atoms with Crippen molar-refractivity contribution in [2.45, 2.75) is 12.6 Å². The first-order chi connectivity index (χ1) is 12.3. The van der Waals surface area contributed by atoms with Crippen LogP contribution in [0, 0.1) is 0 Å². The molecule has 1 unspecified atom stereocenters. The van der Waals surface area contributed by atoms with Crippen LogP contribution in [0.5, 0.6) is 0 Å². The van der Waals surface area contributed by atoms with Gasteiger partial charge in [-0.05, 0) is 22.3 Å². The average molecular weight is 512 g/mol. The fourth-order valence-electron chi connectivity index (χ4n) is 3.18. The Morgan fingerprint density at radius 2 is 1.31 bits per heavy atom. The number of fused-ring (bicyclic) bond motifs is 1. The molecule has 5 heteroatoms. The van der Waals surface area contributed by atoms with Crippen molar-refractivity contribution in [1.82, 2.24) is 9.13 Å². The molecular formula is C21H18N3OW-. The van der Waals surface area contributed by atoms with Crippen molar-refractivity contribution in [3.63, 3.8) is 0 Å². The van der Waals surface area contributed by atoms with Crippen LogP contribution in [-0.2, 0) is 27.6 Å². The van der Waals surface area contributed by atoms with Crippen LogP contribution in [0.15, 0.2) is 84.9 Å². The van der Waals surface area contributed by atoms with E-state index in [9.17, 15) is 10.5 Å². The van der Waals surface area contributed by atoms with Gasteiger partial charge in [0.25, 0.3) is 0 Å². The smallest absolute Gasteiger partial charge is 0.0846 e. The van der Waals surface area contributed by atoms with Crippen LogP contribution in [0.4, 0.5) is 0 Å². The summed E-state index contributed by atoms with van der Waals surface area (Å²) in [7, 11) is 0. The monoisotopic (exact) mass is 512 g/mol. The SMILES string of the molecule is [N-]=c1n(CC(O)c2ccccc2)c2ccccc2n1-c1ccccc1.[W]. The Morgan fingerprint density at radius 1 is 0.769 bits per heavy atom. The Labute approximate surface area is 166 Å². The molecule has 4 aromatic rings. The maximum Gasteiger partial charge on any atom is 0.0846 e. The molecular weight excluding hydrogens is 494 g/mol. The number of nitrogens with zero attached hydrogens (tertiary/aromatic N) is 3. The first kappa shape index (κ1) is 18.4. The summed E-state index contributed by atoms with van der Waals surface area (Å²) in [5.74, 6) is 0. The molecule has 0 spiro atoms. The molecule has 1 heterocycles. The zero-order valence-corrected chi connectivity index (χ0v) is 17.0. The quantitative estimate of drug-likeness (QED) is 0.447. The van der Waals surface area contributed by atoms with Crippen molar-refractivity contribution in [3.8, 4) is 5.69 Å². The van der Waals surface area contributed by atoms with Crippen LogP contribution < -0.4 is 5.62 Å². The van der Waals surface area contributed by atoms with E-state index in [-0.39, 0.29) is 33.2 Å². The van der Waals surface area contributed by atoms with E-state index in [0.29, 0.717) is 0 Å². The van der Waals surface area contributed by atoms with Crippen molar-refractivity contribution in [2.75, 3.05) is 0 Å². The summed E-state index contributed by atoms with van der Waals surface area (Å²) in [6.07, 6.45) is -0.702. The van der Waals surface area contributed by atoms with Crippen LogP contribution in [0.3, 0.4) is 0 Å². The summed E-state index contributed by atoms with van der Waals surface area (Å²) in [4.78, 5) is 0. The van der Waals surface area contributed by atoms with Gasteiger partial charge in [0, 0.05) is 33.2 Å². The molecule has 0 aliphatic rings. The third kappa shape index (κ3) is 3.31. The molecule has 1 N–H and O–H groups in total. The van der Waals surface area contributed by atoms with Gasteiger partial charge in [0.15, 0.2) is 0 Å². The predicted octanol–water partition coefficient (Wildman–Crippen LogP) is 3.63. The molecule has 1 atom stereocenters. The van der Waals surface area contributed by atoms with Gasteiger partial charge in [-0.1, -0.05) is 84.9 Å². The largest absolute Gasteiger partial charge is 0.394 e. The minimum Gasteiger partial charge on any atom is -0.394 e. The predicted molar refractivity (Wildman–Crippen MR) is 99.2 cm³/mol. The van der Waals surface area contributed by atoms with Crippen LogP contribution in [0.2, 0.25) is 0 Å². The van der Waals surface area contributed by atoms with Crippen LogP contribution in [0.25, 0.3) is 22.1 Å². The van der Waals surface area contributed by atoms with E-state index in [1.54, 1.807) is 9.13 Å². The van der Waals surface area contributed by atoms with Crippen molar-refractivity contribution in [1.29, 1.82) is 0 Å². The summed E-state index contributed by atoms with van der Waals surface area (Å²) < 4.78 is 3.55. The van der Waals surface area contributed by atoms with Gasteiger partial charge in [0.1, 0.15) is 0 Å². The van der Waals surface area contributed by atoms with Crippen molar-refractivity contribution >= 4 is 11.0 Å². The maximum absolute atomic E-state index is 10.9. The van der Waals surface area contributed by atoms with Gasteiger partial charge in [-0.2, -0.15) is 0 Å². The van der Waals surface area contributed by atoms with Gasteiger partial charge in [0.05, 0.1) is 6.10 Å². The molecule has 0 aliphatic carbocycles. The second kappa shape index (κ2) is 7.86. The molecule has 1 aromatic heterocycles. The average Bonchev–Trinajstić information content (AvgIpc) is 2.95. The zero-order chi connectivity index (χ0) is 17.2. The van der Waals surface area contributed by atoms with E-state index in [4.69, 9.17) is 0 Å². The summed E-state index contributed by atoms with van der Waals surface area (Å²) >= 11 is 0. The van der Waals surface area contributed by atoms with E-state index in [1.807, 2.05) is 84.9 Å². The van der Waals surface area contributed by atoms with E-state index < -0.39 is 6.10 Å². The molecule has 130 valence electrons. The van der Waals surface area contributed by atoms with Gasteiger partial charge < -0.3 is 19.7 Å². The number of imidazole rings is 1. The molecule has 0 saturated heterocycles. The van der Waals surface area contributed by atoms with Crippen molar-refractivity contribution < 1.29 is 26.2 Å². The second-order valence-electron chi connectivity index (χ2n) is 6.00. The molecule has 4 rings (SSSR count). The standard InChI is InChI=1S/C21H18N3O.W/c22-21-23(15-20(25)16-9-3-1-4-10-16)18-13-7-8-14-19(18)24(21)17-11-5-2-6-12-17;/h1-14,20,25H,15H2;/q-1;. The van der Waals surface area contributed by atoms with E-state index >= 15 is 0 Å². The number of aliphatic hydroxyl groups excluding tert-OH is 1. The number of rotatable bonds is 4. The number of aliphatic hydroxyl groups is 1. The molecule has 0 saturated carbocycles. The molecule has 4 nitrogen and oxygen atoms in total. The summed E-state index contributed by atoms with van der Waals surface area (Å²) in [5, 5.41) is 21.5. The molecule has 0 aliphatic heterocycles. The minimum atomic E-state index is -0.702. The minimum absolute atomic E-state index is 0. The first-order valence-corrected chi connectivity index (χ1v) is 8.26.